The van der Waals surface area contributed by atoms with Crippen LogP contribution in [0.4, 0.5) is 0 Å². The summed E-state index contributed by atoms with van der Waals surface area (Å²) in [6, 6.07) is 0. The third-order valence-corrected chi connectivity index (χ3v) is 1.03. The van der Waals surface area contributed by atoms with Crippen molar-refractivity contribution in [1.29, 1.82) is 0 Å². The molecule has 2 N–H and O–H groups in total. The Morgan fingerprint density at radius 2 is 2.10 bits per heavy atom. The fourth-order valence-corrected chi connectivity index (χ4v) is 0.530. The molecule has 0 aliphatic heterocycles. The molecule has 0 radical (unpaired) electrons. The van der Waals surface area contributed by atoms with Gasteiger partial charge in [0.05, 0.1) is 12.7 Å². The first-order valence-electron chi connectivity index (χ1n) is 3.74. The minimum absolute atomic E-state index is 0.322. The van der Waals surface area contributed by atoms with Gasteiger partial charge in [-0.3, -0.25) is 0 Å². The summed E-state index contributed by atoms with van der Waals surface area (Å²) in [4.78, 5) is 0. The van der Waals surface area contributed by atoms with Crippen LogP contribution in [-0.4, -0.2) is 19.3 Å². The summed E-state index contributed by atoms with van der Waals surface area (Å²) in [7, 11) is 0. The van der Waals surface area contributed by atoms with Crippen LogP contribution in [0.1, 0.15) is 20.3 Å². The topological polar surface area (TPSA) is 35.2 Å². The molecule has 0 spiro atoms. The van der Waals surface area contributed by atoms with Crippen molar-refractivity contribution >= 4 is 0 Å². The summed E-state index contributed by atoms with van der Waals surface area (Å²) >= 11 is 0. The maximum atomic E-state index is 5.28. The van der Waals surface area contributed by atoms with Crippen molar-refractivity contribution in [3.8, 4) is 0 Å². The summed E-state index contributed by atoms with van der Waals surface area (Å²) in [5, 5.41) is 0. The summed E-state index contributed by atoms with van der Waals surface area (Å²) in [6.07, 6.45) is 5.32. The molecule has 0 aliphatic rings. The molecule has 10 heavy (non-hydrogen) atoms. The molecule has 2 nitrogen and oxygen atoms in total. The molecule has 0 unspecified atom stereocenters. The first-order chi connectivity index (χ1) is 4.77. The molecule has 0 fully saturated rings. The molecule has 0 heterocycles. The molecule has 0 bridgehead atoms. The highest BCUT2D eigenvalue weighted by Gasteiger charge is 1.86. The number of hydrogen-bond donors (Lipinski definition) is 1. The van der Waals surface area contributed by atoms with E-state index in [1.54, 1.807) is 0 Å². The highest BCUT2D eigenvalue weighted by molar-refractivity contribution is 4.81. The monoisotopic (exact) mass is 143 g/mol. The van der Waals surface area contributed by atoms with Crippen molar-refractivity contribution in [2.24, 2.45) is 5.73 Å². The molecule has 0 saturated carbocycles. The second kappa shape index (κ2) is 6.78. The summed E-state index contributed by atoms with van der Waals surface area (Å²) in [6.45, 7) is 5.48. The Balaban J connectivity index is 3.02. The first-order valence-corrected chi connectivity index (χ1v) is 3.74. The van der Waals surface area contributed by atoms with Gasteiger partial charge in [0, 0.05) is 0 Å². The van der Waals surface area contributed by atoms with Gasteiger partial charge in [-0.25, -0.2) is 0 Å². The lowest BCUT2D eigenvalue weighted by atomic mass is 10.4. The third kappa shape index (κ3) is 7.66. The highest BCUT2D eigenvalue weighted by Crippen LogP contribution is 1.88. The van der Waals surface area contributed by atoms with Crippen LogP contribution in [0.3, 0.4) is 0 Å². The van der Waals surface area contributed by atoms with Crippen molar-refractivity contribution in [3.05, 3.63) is 12.2 Å². The van der Waals surface area contributed by atoms with E-state index in [1.165, 1.54) is 0 Å². The molecule has 0 aromatic carbocycles. The zero-order chi connectivity index (χ0) is 7.82. The Hall–Kier alpha value is -0.340. The molecule has 0 atom stereocenters. The van der Waals surface area contributed by atoms with Gasteiger partial charge in [-0.15, -0.1) is 0 Å². The van der Waals surface area contributed by atoms with Crippen LogP contribution in [0.5, 0.6) is 0 Å². The van der Waals surface area contributed by atoms with E-state index in [0.29, 0.717) is 12.7 Å². The Morgan fingerprint density at radius 1 is 1.40 bits per heavy atom. The highest BCUT2D eigenvalue weighted by atomic mass is 16.5. The predicted molar refractivity (Wildman–Crippen MR) is 43.9 cm³/mol. The molecule has 60 valence electrons. The van der Waals surface area contributed by atoms with Crippen LogP contribution in [0, 0.1) is 0 Å². The van der Waals surface area contributed by atoms with E-state index < -0.39 is 0 Å². The summed E-state index contributed by atoms with van der Waals surface area (Å²) in [5.41, 5.74) is 5.28. The molecule has 0 aliphatic carbocycles. The summed E-state index contributed by atoms with van der Waals surface area (Å²) in [5.74, 6) is 0. The molecule has 0 rings (SSSR count). The van der Waals surface area contributed by atoms with Gasteiger partial charge in [0.1, 0.15) is 0 Å². The Kier molecular flexibility index (Phi) is 6.55. The normalized spacial score (nSPS) is 11.6. The molecular weight excluding hydrogens is 126 g/mol. The quantitative estimate of drug-likeness (QED) is 0.589. The SMILES string of the molecule is CC(C)OC/C=C/CCN. The van der Waals surface area contributed by atoms with Gasteiger partial charge in [-0.2, -0.15) is 0 Å². The van der Waals surface area contributed by atoms with Crippen molar-refractivity contribution < 1.29 is 4.74 Å². The first kappa shape index (κ1) is 9.66. The van der Waals surface area contributed by atoms with E-state index in [2.05, 4.69) is 0 Å². The van der Waals surface area contributed by atoms with Crippen molar-refractivity contribution in [3.63, 3.8) is 0 Å². The Morgan fingerprint density at radius 3 is 2.60 bits per heavy atom. The van der Waals surface area contributed by atoms with Crippen LogP contribution in [-0.2, 0) is 4.74 Å². The predicted octanol–water partition coefficient (Wildman–Crippen LogP) is 1.32. The number of hydrogen-bond acceptors (Lipinski definition) is 2. The number of nitrogens with two attached hydrogens (primary N) is 1. The van der Waals surface area contributed by atoms with Gasteiger partial charge < -0.3 is 10.5 Å². The zero-order valence-corrected chi connectivity index (χ0v) is 6.84. The molecular formula is C8H17NO. The fourth-order valence-electron chi connectivity index (χ4n) is 0.530. The molecule has 2 heteroatoms. The van der Waals surface area contributed by atoms with E-state index in [1.807, 2.05) is 26.0 Å². The lowest BCUT2D eigenvalue weighted by Gasteiger charge is -2.02. The van der Waals surface area contributed by atoms with Crippen LogP contribution < -0.4 is 5.73 Å². The molecule has 0 amide bonds. The lowest BCUT2D eigenvalue weighted by molar-refractivity contribution is 0.102. The van der Waals surface area contributed by atoms with E-state index in [0.717, 1.165) is 13.0 Å². The smallest absolute Gasteiger partial charge is 0.0650 e. The van der Waals surface area contributed by atoms with Crippen LogP contribution in [0.15, 0.2) is 12.2 Å². The van der Waals surface area contributed by atoms with Gasteiger partial charge in [0.25, 0.3) is 0 Å². The molecule has 0 aromatic heterocycles. The maximum Gasteiger partial charge on any atom is 0.0650 e. The van der Waals surface area contributed by atoms with Crippen molar-refractivity contribution in [1.82, 2.24) is 0 Å². The van der Waals surface area contributed by atoms with Crippen LogP contribution >= 0.6 is 0 Å². The van der Waals surface area contributed by atoms with Gasteiger partial charge in [-0.1, -0.05) is 12.2 Å². The van der Waals surface area contributed by atoms with E-state index in [9.17, 15) is 0 Å². The van der Waals surface area contributed by atoms with Crippen molar-refractivity contribution in [2.75, 3.05) is 13.2 Å². The van der Waals surface area contributed by atoms with Crippen molar-refractivity contribution in [2.45, 2.75) is 26.4 Å². The second-order valence-electron chi connectivity index (χ2n) is 2.43. The van der Waals surface area contributed by atoms with Gasteiger partial charge in [0.15, 0.2) is 0 Å². The average molecular weight is 143 g/mol. The second-order valence-corrected chi connectivity index (χ2v) is 2.43. The maximum absolute atomic E-state index is 5.28. The van der Waals surface area contributed by atoms with E-state index >= 15 is 0 Å². The van der Waals surface area contributed by atoms with Crippen LogP contribution in [0.25, 0.3) is 0 Å². The average Bonchev–Trinajstić information content (AvgIpc) is 1.87. The van der Waals surface area contributed by atoms with Gasteiger partial charge in [0.2, 0.25) is 0 Å². The summed E-state index contributed by atoms with van der Waals surface area (Å²) < 4.78 is 5.26. The standard InChI is InChI=1S/C8H17NO/c1-8(2)10-7-5-3-4-6-9/h3,5,8H,4,6-7,9H2,1-2H3/b5-3+. The van der Waals surface area contributed by atoms with E-state index in [-0.39, 0.29) is 0 Å². The Labute approximate surface area is 63.1 Å². The molecule has 0 aromatic rings. The van der Waals surface area contributed by atoms with Gasteiger partial charge >= 0.3 is 0 Å². The fraction of sp³-hybridized carbons (Fsp3) is 0.750. The minimum Gasteiger partial charge on any atom is -0.375 e. The van der Waals surface area contributed by atoms with Crippen LogP contribution in [0.2, 0.25) is 0 Å². The lowest BCUT2D eigenvalue weighted by Crippen LogP contribution is -2.01. The number of rotatable bonds is 5. The van der Waals surface area contributed by atoms with Gasteiger partial charge in [-0.05, 0) is 26.8 Å². The molecule has 0 saturated heterocycles. The zero-order valence-electron chi connectivity index (χ0n) is 6.84. The minimum atomic E-state index is 0.322. The number of ether oxygens (including phenoxy) is 1. The van der Waals surface area contributed by atoms with E-state index in [4.69, 9.17) is 10.5 Å². The largest absolute Gasteiger partial charge is 0.375 e. The third-order valence-electron chi connectivity index (χ3n) is 1.03. The Bertz CT molecular complexity index is 89.3.